The highest BCUT2D eigenvalue weighted by Crippen LogP contribution is 2.35. The lowest BCUT2D eigenvalue weighted by molar-refractivity contribution is -0.140. The van der Waals surface area contributed by atoms with Crippen molar-refractivity contribution in [3.05, 3.63) is 123 Å². The highest BCUT2D eigenvalue weighted by Gasteiger charge is 2.36. The average Bonchev–Trinajstić information content (AvgIpc) is 3.06. The third-order valence-corrected chi connectivity index (χ3v) is 10.5. The van der Waals surface area contributed by atoms with E-state index in [9.17, 15) is 18.0 Å². The highest BCUT2D eigenvalue weighted by molar-refractivity contribution is 7.92. The summed E-state index contributed by atoms with van der Waals surface area (Å²) in [7, 11) is -2.96. The van der Waals surface area contributed by atoms with Crippen molar-refractivity contribution in [3.8, 4) is 5.75 Å². The molecule has 12 heteroatoms. The molecule has 48 heavy (non-hydrogen) atoms. The molecule has 0 aliphatic carbocycles. The third kappa shape index (κ3) is 9.23. The summed E-state index contributed by atoms with van der Waals surface area (Å²) in [5.41, 5.74) is 2.26. The van der Waals surface area contributed by atoms with Gasteiger partial charge in [-0.3, -0.25) is 13.9 Å². The van der Waals surface area contributed by atoms with Gasteiger partial charge in [-0.2, -0.15) is 0 Å². The first-order chi connectivity index (χ1) is 22.8. The Balaban J connectivity index is 1.88. The molecule has 0 saturated carbocycles. The smallest absolute Gasteiger partial charge is 0.264 e. The standard InChI is InChI=1S/C36H38Cl3N3O5S/c1-5-25(3)40-36(44)33(19-26-9-7-6-8-10-26)41(22-27-13-14-28(37)20-31(27)39)35(43)23-42(32-21-29(38)15-18-34(32)47-4)48(45,46)30-16-11-24(2)12-17-30/h6-18,20-21,25,33H,5,19,22-23H2,1-4H3,(H,40,44)/t25-,33-/m0/s1. The number of nitrogens with one attached hydrogen (secondary N) is 1. The van der Waals surface area contributed by atoms with Crippen molar-refractivity contribution in [1.29, 1.82) is 0 Å². The van der Waals surface area contributed by atoms with Gasteiger partial charge in [0.15, 0.2) is 0 Å². The number of nitrogens with zero attached hydrogens (tertiary/aromatic N) is 2. The summed E-state index contributed by atoms with van der Waals surface area (Å²) in [6, 6.07) is 23.8. The zero-order chi connectivity index (χ0) is 35.0. The Morgan fingerprint density at radius 2 is 1.54 bits per heavy atom. The number of anilines is 1. The van der Waals surface area contributed by atoms with Crippen LogP contribution in [0, 0.1) is 6.92 Å². The van der Waals surface area contributed by atoms with E-state index in [1.165, 1.54) is 36.3 Å². The second kappa shape index (κ2) is 16.6. The highest BCUT2D eigenvalue weighted by atomic mass is 35.5. The first kappa shape index (κ1) is 37.1. The second-order valence-electron chi connectivity index (χ2n) is 11.4. The van der Waals surface area contributed by atoms with E-state index >= 15 is 0 Å². The Morgan fingerprint density at radius 3 is 2.17 bits per heavy atom. The molecule has 4 aromatic rings. The maximum absolute atomic E-state index is 14.7. The van der Waals surface area contributed by atoms with Crippen molar-refractivity contribution in [2.75, 3.05) is 18.0 Å². The molecular formula is C36H38Cl3N3O5S. The van der Waals surface area contributed by atoms with Gasteiger partial charge in [-0.25, -0.2) is 8.42 Å². The van der Waals surface area contributed by atoms with Gasteiger partial charge in [0.1, 0.15) is 18.3 Å². The van der Waals surface area contributed by atoms with Gasteiger partial charge in [0.2, 0.25) is 11.8 Å². The van der Waals surface area contributed by atoms with Crippen LogP contribution in [0.4, 0.5) is 5.69 Å². The number of sulfonamides is 1. The van der Waals surface area contributed by atoms with E-state index in [1.807, 2.05) is 51.1 Å². The minimum atomic E-state index is -4.36. The fourth-order valence-corrected chi connectivity index (χ4v) is 7.09. The molecule has 2 amide bonds. The lowest BCUT2D eigenvalue weighted by Crippen LogP contribution is -2.54. The molecule has 0 heterocycles. The number of hydrogen-bond acceptors (Lipinski definition) is 5. The number of carbonyl (C=O) groups excluding carboxylic acids is 2. The number of carbonyl (C=O) groups is 2. The largest absolute Gasteiger partial charge is 0.495 e. The van der Waals surface area contributed by atoms with E-state index in [0.29, 0.717) is 22.0 Å². The van der Waals surface area contributed by atoms with Crippen LogP contribution in [0.5, 0.6) is 5.75 Å². The number of rotatable bonds is 14. The van der Waals surface area contributed by atoms with Gasteiger partial charge in [-0.05, 0) is 73.9 Å². The molecule has 0 aliphatic heterocycles. The maximum atomic E-state index is 14.7. The van der Waals surface area contributed by atoms with Crippen molar-refractivity contribution in [2.45, 2.75) is 57.1 Å². The summed E-state index contributed by atoms with van der Waals surface area (Å²) < 4.78 is 35.2. The van der Waals surface area contributed by atoms with Gasteiger partial charge >= 0.3 is 0 Å². The number of aryl methyl sites for hydroxylation is 1. The molecule has 0 fully saturated rings. The zero-order valence-electron chi connectivity index (χ0n) is 27.1. The summed E-state index contributed by atoms with van der Waals surface area (Å²) in [6.45, 7) is 4.88. The SMILES string of the molecule is CC[C@H](C)NC(=O)[C@H](Cc1ccccc1)N(Cc1ccc(Cl)cc1Cl)C(=O)CN(c1cc(Cl)ccc1OC)S(=O)(=O)c1ccc(C)cc1. The minimum absolute atomic E-state index is 0.0365. The predicted octanol–water partition coefficient (Wildman–Crippen LogP) is 7.71. The van der Waals surface area contributed by atoms with Crippen LogP contribution in [0.3, 0.4) is 0 Å². The number of methoxy groups -OCH3 is 1. The first-order valence-electron chi connectivity index (χ1n) is 15.3. The molecule has 4 aromatic carbocycles. The van der Waals surface area contributed by atoms with Gasteiger partial charge in [0.05, 0.1) is 17.7 Å². The van der Waals surface area contributed by atoms with E-state index in [-0.39, 0.29) is 46.3 Å². The van der Waals surface area contributed by atoms with Crippen molar-refractivity contribution in [3.63, 3.8) is 0 Å². The second-order valence-corrected chi connectivity index (χ2v) is 14.6. The topological polar surface area (TPSA) is 96.0 Å². The van der Waals surface area contributed by atoms with Crippen LogP contribution in [0.15, 0.2) is 95.9 Å². The van der Waals surface area contributed by atoms with Gasteiger partial charge < -0.3 is 15.0 Å². The summed E-state index contributed by atoms with van der Waals surface area (Å²) in [4.78, 5) is 30.1. The summed E-state index contributed by atoms with van der Waals surface area (Å²) >= 11 is 19.1. The minimum Gasteiger partial charge on any atom is -0.495 e. The average molecular weight is 731 g/mol. The van der Waals surface area contributed by atoms with Crippen molar-refractivity contribution >= 4 is 62.3 Å². The summed E-state index contributed by atoms with van der Waals surface area (Å²) in [5.74, 6) is -0.857. The maximum Gasteiger partial charge on any atom is 0.264 e. The number of halogens is 3. The molecule has 0 spiro atoms. The van der Waals surface area contributed by atoms with Crippen molar-refractivity contribution in [2.24, 2.45) is 0 Å². The molecule has 0 radical (unpaired) electrons. The Labute approximate surface area is 297 Å². The Kier molecular flexibility index (Phi) is 12.8. The van der Waals surface area contributed by atoms with Gasteiger partial charge in [0.25, 0.3) is 10.0 Å². The van der Waals surface area contributed by atoms with Crippen LogP contribution in [0.2, 0.25) is 15.1 Å². The molecule has 1 N–H and O–H groups in total. The molecule has 0 saturated heterocycles. The van der Waals surface area contributed by atoms with Gasteiger partial charge in [-0.15, -0.1) is 0 Å². The number of benzene rings is 4. The normalized spacial score (nSPS) is 12.6. The third-order valence-electron chi connectivity index (χ3n) is 7.93. The van der Waals surface area contributed by atoms with Crippen molar-refractivity contribution in [1.82, 2.24) is 10.2 Å². The number of hydrogen-bond donors (Lipinski definition) is 1. The van der Waals surface area contributed by atoms with E-state index < -0.39 is 28.5 Å². The number of ether oxygens (including phenoxy) is 1. The quantitative estimate of drug-likeness (QED) is 0.143. The molecule has 4 rings (SSSR count). The zero-order valence-corrected chi connectivity index (χ0v) is 30.2. The van der Waals surface area contributed by atoms with Crippen LogP contribution in [-0.2, 0) is 32.6 Å². The summed E-state index contributed by atoms with van der Waals surface area (Å²) in [6.07, 6.45) is 0.823. The molecule has 0 unspecified atom stereocenters. The lowest BCUT2D eigenvalue weighted by atomic mass is 10.0. The van der Waals surface area contributed by atoms with E-state index in [4.69, 9.17) is 39.5 Å². The van der Waals surface area contributed by atoms with Crippen molar-refractivity contribution < 1.29 is 22.7 Å². The fraction of sp³-hybridized carbons (Fsp3) is 0.278. The monoisotopic (exact) mass is 729 g/mol. The Bertz CT molecular complexity index is 1840. The van der Waals surface area contributed by atoms with E-state index in [2.05, 4.69) is 5.32 Å². The van der Waals surface area contributed by atoms with Crippen LogP contribution in [0.1, 0.15) is 37.0 Å². The van der Waals surface area contributed by atoms with Gasteiger partial charge in [0, 0.05) is 34.1 Å². The summed E-state index contributed by atoms with van der Waals surface area (Å²) in [5, 5.41) is 3.95. The Morgan fingerprint density at radius 1 is 0.896 bits per heavy atom. The molecule has 0 aliphatic rings. The fourth-order valence-electron chi connectivity index (χ4n) is 5.04. The van der Waals surface area contributed by atoms with Gasteiger partial charge in [-0.1, -0.05) is 95.8 Å². The van der Waals surface area contributed by atoms with Crippen LogP contribution >= 0.6 is 34.8 Å². The van der Waals surface area contributed by atoms with Crippen LogP contribution in [-0.4, -0.2) is 50.9 Å². The molecule has 2 atom stereocenters. The number of amides is 2. The van der Waals surface area contributed by atoms with Crippen LogP contribution in [0.25, 0.3) is 0 Å². The molecule has 0 aromatic heterocycles. The molecule has 0 bridgehead atoms. The Hall–Kier alpha value is -3.76. The predicted molar refractivity (Wildman–Crippen MR) is 193 cm³/mol. The molecule has 254 valence electrons. The molecular weight excluding hydrogens is 693 g/mol. The molecule has 8 nitrogen and oxygen atoms in total. The van der Waals surface area contributed by atoms with E-state index in [0.717, 1.165) is 15.4 Å². The lowest BCUT2D eigenvalue weighted by Gasteiger charge is -2.34. The van der Waals surface area contributed by atoms with Crippen LogP contribution < -0.4 is 14.4 Å². The first-order valence-corrected chi connectivity index (χ1v) is 17.9. The van der Waals surface area contributed by atoms with E-state index in [1.54, 1.807) is 36.4 Å².